The predicted octanol–water partition coefficient (Wildman–Crippen LogP) is 2.86. The van der Waals surface area contributed by atoms with Crippen molar-refractivity contribution < 1.29 is 9.53 Å². The van der Waals surface area contributed by atoms with E-state index in [9.17, 15) is 4.79 Å². The number of aromatic nitrogens is 2. The number of hydrazone groups is 1. The third-order valence-corrected chi connectivity index (χ3v) is 4.04. The molecule has 0 radical (unpaired) electrons. The SMILES string of the molecule is N#CCCn1cc(/C=N\NC(=O)COc2ccc(C#N)cc2)c(-c2ccccc2)n1. The van der Waals surface area contributed by atoms with Gasteiger partial charge in [0, 0.05) is 17.3 Å². The summed E-state index contributed by atoms with van der Waals surface area (Å²) >= 11 is 0. The molecule has 0 unspecified atom stereocenters. The molecule has 0 saturated heterocycles. The van der Waals surface area contributed by atoms with Crippen molar-refractivity contribution in [2.45, 2.75) is 13.0 Å². The number of ether oxygens (including phenoxy) is 1. The Morgan fingerprint density at radius 1 is 1.17 bits per heavy atom. The van der Waals surface area contributed by atoms with E-state index in [-0.39, 0.29) is 6.61 Å². The van der Waals surface area contributed by atoms with Crippen LogP contribution in [0.2, 0.25) is 0 Å². The molecule has 0 aliphatic heterocycles. The average molecular weight is 398 g/mol. The van der Waals surface area contributed by atoms with Crippen molar-refractivity contribution in [3.05, 3.63) is 71.9 Å². The van der Waals surface area contributed by atoms with Gasteiger partial charge in [0.1, 0.15) is 11.4 Å². The molecule has 30 heavy (non-hydrogen) atoms. The van der Waals surface area contributed by atoms with Crippen LogP contribution in [-0.2, 0) is 11.3 Å². The molecule has 8 nitrogen and oxygen atoms in total. The maximum atomic E-state index is 12.0. The number of hydrogen-bond donors (Lipinski definition) is 1. The minimum absolute atomic E-state index is 0.212. The van der Waals surface area contributed by atoms with Crippen LogP contribution in [0.3, 0.4) is 0 Å². The van der Waals surface area contributed by atoms with Crippen molar-refractivity contribution in [1.29, 1.82) is 10.5 Å². The van der Waals surface area contributed by atoms with Gasteiger partial charge in [0.25, 0.3) is 5.91 Å². The smallest absolute Gasteiger partial charge is 0.277 e. The van der Waals surface area contributed by atoms with E-state index in [0.717, 1.165) is 5.56 Å². The largest absolute Gasteiger partial charge is 0.484 e. The summed E-state index contributed by atoms with van der Waals surface area (Å²) in [6.45, 7) is 0.255. The summed E-state index contributed by atoms with van der Waals surface area (Å²) in [7, 11) is 0. The van der Waals surface area contributed by atoms with Gasteiger partial charge in [-0.25, -0.2) is 5.43 Å². The van der Waals surface area contributed by atoms with Crippen molar-refractivity contribution in [2.75, 3.05) is 6.61 Å². The van der Waals surface area contributed by atoms with E-state index in [1.54, 1.807) is 35.1 Å². The molecule has 0 saturated carbocycles. The Morgan fingerprint density at radius 2 is 1.93 bits per heavy atom. The molecular weight excluding hydrogens is 380 g/mol. The number of benzene rings is 2. The molecule has 0 bridgehead atoms. The molecular formula is C22H18N6O2. The van der Waals surface area contributed by atoms with Crippen LogP contribution in [0.5, 0.6) is 5.75 Å². The van der Waals surface area contributed by atoms with Gasteiger partial charge in [-0.1, -0.05) is 30.3 Å². The van der Waals surface area contributed by atoms with Crippen LogP contribution in [0.15, 0.2) is 65.9 Å². The lowest BCUT2D eigenvalue weighted by molar-refractivity contribution is -0.123. The highest BCUT2D eigenvalue weighted by atomic mass is 16.5. The number of nitriles is 2. The summed E-state index contributed by atoms with van der Waals surface area (Å²) in [5.74, 6) is 0.0620. The van der Waals surface area contributed by atoms with Gasteiger partial charge < -0.3 is 4.74 Å². The van der Waals surface area contributed by atoms with Crippen LogP contribution in [0.1, 0.15) is 17.5 Å². The Hall–Kier alpha value is -4.43. The molecule has 1 amide bonds. The van der Waals surface area contributed by atoms with Crippen LogP contribution in [0, 0.1) is 22.7 Å². The lowest BCUT2D eigenvalue weighted by atomic mass is 10.1. The molecule has 1 aromatic heterocycles. The number of nitrogens with zero attached hydrogens (tertiary/aromatic N) is 5. The van der Waals surface area contributed by atoms with Gasteiger partial charge in [-0.15, -0.1) is 0 Å². The van der Waals surface area contributed by atoms with Crippen LogP contribution in [0.4, 0.5) is 0 Å². The average Bonchev–Trinajstić information content (AvgIpc) is 3.20. The van der Waals surface area contributed by atoms with Crippen LogP contribution >= 0.6 is 0 Å². The van der Waals surface area contributed by atoms with Crippen molar-refractivity contribution in [1.82, 2.24) is 15.2 Å². The van der Waals surface area contributed by atoms with Crippen molar-refractivity contribution in [2.24, 2.45) is 5.10 Å². The number of carbonyl (C=O) groups excluding carboxylic acids is 1. The van der Waals surface area contributed by atoms with Crippen LogP contribution in [0.25, 0.3) is 11.3 Å². The number of carbonyl (C=O) groups is 1. The van der Waals surface area contributed by atoms with Crippen molar-refractivity contribution in [3.63, 3.8) is 0 Å². The standard InChI is InChI=1S/C22H18N6O2/c23-11-4-12-28-15-19(22(27-28)18-5-2-1-3-6-18)14-25-26-21(29)16-30-20-9-7-17(13-24)8-10-20/h1-3,5-10,14-15H,4,12,16H2,(H,26,29)/b25-14-. The van der Waals surface area contributed by atoms with Gasteiger partial charge in [0.05, 0.1) is 36.9 Å². The summed E-state index contributed by atoms with van der Waals surface area (Å²) in [5, 5.41) is 26.1. The van der Waals surface area contributed by atoms with Gasteiger partial charge in [0.2, 0.25) is 0 Å². The van der Waals surface area contributed by atoms with Gasteiger partial charge in [-0.05, 0) is 24.3 Å². The first-order chi connectivity index (χ1) is 14.7. The topological polar surface area (TPSA) is 116 Å². The third kappa shape index (κ3) is 5.54. The van der Waals surface area contributed by atoms with E-state index in [2.05, 4.69) is 21.7 Å². The second kappa shape index (κ2) is 10.2. The summed E-state index contributed by atoms with van der Waals surface area (Å²) in [4.78, 5) is 12.0. The number of nitrogens with one attached hydrogen (secondary N) is 1. The number of rotatable bonds is 8. The Labute approximate surface area is 173 Å². The molecule has 1 N–H and O–H groups in total. The second-order valence-corrected chi connectivity index (χ2v) is 6.19. The molecule has 8 heteroatoms. The van der Waals surface area contributed by atoms with Crippen LogP contribution < -0.4 is 10.2 Å². The monoisotopic (exact) mass is 398 g/mol. The molecule has 0 aliphatic carbocycles. The van der Waals surface area contributed by atoms with Gasteiger partial charge in [0.15, 0.2) is 6.61 Å². The van der Waals surface area contributed by atoms with Crippen LogP contribution in [-0.4, -0.2) is 28.5 Å². The molecule has 0 spiro atoms. The minimum atomic E-state index is -0.422. The summed E-state index contributed by atoms with van der Waals surface area (Å²) < 4.78 is 7.05. The number of amides is 1. The normalized spacial score (nSPS) is 10.3. The third-order valence-electron chi connectivity index (χ3n) is 4.04. The summed E-state index contributed by atoms with van der Waals surface area (Å²) in [6, 6.07) is 20.2. The summed E-state index contributed by atoms with van der Waals surface area (Å²) in [6.07, 6.45) is 3.64. The second-order valence-electron chi connectivity index (χ2n) is 6.19. The highest BCUT2D eigenvalue weighted by molar-refractivity contribution is 5.89. The maximum Gasteiger partial charge on any atom is 0.277 e. The molecule has 0 fully saturated rings. The van der Waals surface area contributed by atoms with E-state index < -0.39 is 5.91 Å². The fraction of sp³-hybridized carbons (Fsp3) is 0.136. The Kier molecular flexibility index (Phi) is 6.91. The minimum Gasteiger partial charge on any atom is -0.484 e. The number of aryl methyl sites for hydroxylation is 1. The van der Waals surface area contributed by atoms with E-state index in [0.29, 0.717) is 35.5 Å². The molecule has 1 heterocycles. The first-order valence-corrected chi connectivity index (χ1v) is 9.14. The first-order valence-electron chi connectivity index (χ1n) is 9.14. The highest BCUT2D eigenvalue weighted by Gasteiger charge is 2.10. The molecule has 2 aromatic carbocycles. The zero-order valence-corrected chi connectivity index (χ0v) is 16.0. The zero-order chi connectivity index (χ0) is 21.2. The van der Waals surface area contributed by atoms with Gasteiger partial charge >= 0.3 is 0 Å². The molecule has 3 rings (SSSR count). The predicted molar refractivity (Wildman–Crippen MR) is 110 cm³/mol. The molecule has 148 valence electrons. The Morgan fingerprint density at radius 3 is 2.63 bits per heavy atom. The van der Waals surface area contributed by atoms with Crippen molar-refractivity contribution >= 4 is 12.1 Å². The summed E-state index contributed by atoms with van der Waals surface area (Å²) in [5.41, 5.74) is 5.27. The van der Waals surface area contributed by atoms with E-state index in [1.165, 1.54) is 6.21 Å². The Balaban J connectivity index is 1.63. The molecule has 3 aromatic rings. The van der Waals surface area contributed by atoms with E-state index in [1.807, 2.05) is 36.4 Å². The van der Waals surface area contributed by atoms with E-state index >= 15 is 0 Å². The van der Waals surface area contributed by atoms with Gasteiger partial charge in [-0.3, -0.25) is 9.48 Å². The molecule has 0 aliphatic rings. The zero-order valence-electron chi connectivity index (χ0n) is 16.0. The quantitative estimate of drug-likeness (QED) is 0.463. The fourth-order valence-corrected chi connectivity index (χ4v) is 2.61. The first kappa shape index (κ1) is 20.3. The van der Waals surface area contributed by atoms with Gasteiger partial charge in [-0.2, -0.15) is 20.7 Å². The maximum absolute atomic E-state index is 12.0. The highest BCUT2D eigenvalue weighted by Crippen LogP contribution is 2.20. The van der Waals surface area contributed by atoms with Crippen molar-refractivity contribution in [3.8, 4) is 29.1 Å². The lowest BCUT2D eigenvalue weighted by Crippen LogP contribution is -2.24. The fourth-order valence-electron chi connectivity index (χ4n) is 2.61. The lowest BCUT2D eigenvalue weighted by Gasteiger charge is -2.04. The number of hydrogen-bond acceptors (Lipinski definition) is 6. The van der Waals surface area contributed by atoms with E-state index in [4.69, 9.17) is 15.3 Å². The molecule has 0 atom stereocenters. The Bertz CT molecular complexity index is 1110.